The third kappa shape index (κ3) is 3.99. The first-order valence-corrected chi connectivity index (χ1v) is 9.99. The van der Waals surface area contributed by atoms with Gasteiger partial charge in [-0.3, -0.25) is 9.69 Å². The van der Waals surface area contributed by atoms with Crippen LogP contribution in [0.2, 0.25) is 0 Å². The van der Waals surface area contributed by atoms with E-state index < -0.39 is 0 Å². The summed E-state index contributed by atoms with van der Waals surface area (Å²) in [4.78, 5) is 15.1. The number of rotatable bonds is 5. The number of fused-ring (bicyclic) bond motifs is 1. The lowest BCUT2D eigenvalue weighted by molar-refractivity contribution is 0.0950. The Morgan fingerprint density at radius 3 is 2.50 bits per heavy atom. The van der Waals surface area contributed by atoms with Crippen LogP contribution in [-0.2, 0) is 25.9 Å². The van der Waals surface area contributed by atoms with Crippen molar-refractivity contribution in [3.63, 3.8) is 0 Å². The first-order chi connectivity index (χ1) is 12.8. The molecule has 1 heterocycles. The van der Waals surface area contributed by atoms with E-state index in [2.05, 4.69) is 46.6 Å². The first-order valence-electron chi connectivity index (χ1n) is 9.99. The minimum Gasteiger partial charge on any atom is -0.348 e. The van der Waals surface area contributed by atoms with Gasteiger partial charge < -0.3 is 5.32 Å². The van der Waals surface area contributed by atoms with Crippen molar-refractivity contribution in [2.75, 3.05) is 13.1 Å². The molecule has 3 nitrogen and oxygen atoms in total. The molecule has 1 aliphatic carbocycles. The van der Waals surface area contributed by atoms with Gasteiger partial charge in [0.15, 0.2) is 0 Å². The highest BCUT2D eigenvalue weighted by atomic mass is 16.1. The molecule has 4 rings (SSSR count). The normalized spacial score (nSPS) is 17.1. The second-order valence-corrected chi connectivity index (χ2v) is 7.63. The molecule has 1 aliphatic heterocycles. The number of aryl methyl sites for hydroxylation is 2. The number of nitrogens with one attached hydrogen (secondary N) is 1. The zero-order valence-electron chi connectivity index (χ0n) is 15.5. The fourth-order valence-electron chi connectivity index (χ4n) is 4.23. The summed E-state index contributed by atoms with van der Waals surface area (Å²) in [5, 5.41) is 3.13. The Morgan fingerprint density at radius 2 is 1.65 bits per heavy atom. The van der Waals surface area contributed by atoms with Gasteiger partial charge in [-0.15, -0.1) is 0 Å². The second-order valence-electron chi connectivity index (χ2n) is 7.63. The molecule has 1 N–H and O–H groups in total. The van der Waals surface area contributed by atoms with E-state index in [1.807, 2.05) is 6.07 Å². The van der Waals surface area contributed by atoms with E-state index in [1.54, 1.807) is 0 Å². The van der Waals surface area contributed by atoms with E-state index in [1.165, 1.54) is 61.0 Å². The van der Waals surface area contributed by atoms with Gasteiger partial charge >= 0.3 is 0 Å². The lowest BCUT2D eigenvalue weighted by Crippen LogP contribution is -2.30. The molecule has 3 heteroatoms. The standard InChI is InChI=1S/C23H28N2O/c26-23(20-12-11-18-9-6-10-19(18)15-20)24-16-21-7-2-3-8-22(21)17-25-13-4-1-5-14-25/h2-3,7-8,11-12,15H,1,4-6,9-10,13-14,16-17H2,(H,24,26). The topological polar surface area (TPSA) is 32.3 Å². The van der Waals surface area contributed by atoms with E-state index in [0.717, 1.165) is 24.9 Å². The monoisotopic (exact) mass is 348 g/mol. The zero-order chi connectivity index (χ0) is 17.8. The van der Waals surface area contributed by atoms with Crippen molar-refractivity contribution in [3.05, 3.63) is 70.3 Å². The molecule has 0 saturated carbocycles. The summed E-state index contributed by atoms with van der Waals surface area (Å²) in [7, 11) is 0. The maximum absolute atomic E-state index is 12.6. The van der Waals surface area contributed by atoms with E-state index in [4.69, 9.17) is 0 Å². The van der Waals surface area contributed by atoms with Gasteiger partial charge in [0.25, 0.3) is 5.91 Å². The van der Waals surface area contributed by atoms with Crippen LogP contribution in [0.25, 0.3) is 0 Å². The predicted molar refractivity (Wildman–Crippen MR) is 105 cm³/mol. The Labute approximate surface area is 156 Å². The summed E-state index contributed by atoms with van der Waals surface area (Å²) in [6, 6.07) is 14.7. The number of carbonyl (C=O) groups excluding carboxylic acids is 1. The van der Waals surface area contributed by atoms with E-state index in [-0.39, 0.29) is 5.91 Å². The van der Waals surface area contributed by atoms with Crippen LogP contribution >= 0.6 is 0 Å². The Hall–Kier alpha value is -2.13. The number of nitrogens with zero attached hydrogens (tertiary/aromatic N) is 1. The summed E-state index contributed by atoms with van der Waals surface area (Å²) in [6.07, 6.45) is 7.43. The van der Waals surface area contributed by atoms with Crippen molar-refractivity contribution in [1.29, 1.82) is 0 Å². The van der Waals surface area contributed by atoms with Crippen LogP contribution in [0, 0.1) is 0 Å². The number of benzene rings is 2. The number of amides is 1. The van der Waals surface area contributed by atoms with Crippen LogP contribution in [0.4, 0.5) is 0 Å². The zero-order valence-corrected chi connectivity index (χ0v) is 15.5. The van der Waals surface area contributed by atoms with Crippen molar-refractivity contribution in [2.24, 2.45) is 0 Å². The predicted octanol–water partition coefficient (Wildman–Crippen LogP) is 4.09. The molecule has 1 saturated heterocycles. The summed E-state index contributed by atoms with van der Waals surface area (Å²) in [5.74, 6) is 0.0347. The van der Waals surface area contributed by atoms with Gasteiger partial charge in [-0.1, -0.05) is 36.8 Å². The lowest BCUT2D eigenvalue weighted by Gasteiger charge is -2.27. The quantitative estimate of drug-likeness (QED) is 0.883. The molecule has 2 aromatic carbocycles. The summed E-state index contributed by atoms with van der Waals surface area (Å²) >= 11 is 0. The third-order valence-electron chi connectivity index (χ3n) is 5.76. The summed E-state index contributed by atoms with van der Waals surface area (Å²) < 4.78 is 0. The Balaban J connectivity index is 1.40. The van der Waals surface area contributed by atoms with Crippen molar-refractivity contribution in [1.82, 2.24) is 10.2 Å². The van der Waals surface area contributed by atoms with E-state index >= 15 is 0 Å². The Bertz CT molecular complexity index is 778. The van der Waals surface area contributed by atoms with Crippen molar-refractivity contribution < 1.29 is 4.79 Å². The van der Waals surface area contributed by atoms with E-state index in [9.17, 15) is 4.79 Å². The molecule has 0 aromatic heterocycles. The minimum absolute atomic E-state index is 0.0347. The molecule has 0 spiro atoms. The molecule has 0 radical (unpaired) electrons. The van der Waals surface area contributed by atoms with Gasteiger partial charge in [-0.25, -0.2) is 0 Å². The average Bonchev–Trinajstić information content (AvgIpc) is 3.16. The van der Waals surface area contributed by atoms with Gasteiger partial charge in [-0.2, -0.15) is 0 Å². The molecule has 136 valence electrons. The smallest absolute Gasteiger partial charge is 0.251 e. The molecule has 1 fully saturated rings. The van der Waals surface area contributed by atoms with Gasteiger partial charge in [0, 0.05) is 18.7 Å². The molecular formula is C23H28N2O. The number of hydrogen-bond donors (Lipinski definition) is 1. The summed E-state index contributed by atoms with van der Waals surface area (Å²) in [6.45, 7) is 3.97. The SMILES string of the molecule is O=C(NCc1ccccc1CN1CCCCC1)c1ccc2c(c1)CCC2. The van der Waals surface area contributed by atoms with Crippen LogP contribution in [-0.4, -0.2) is 23.9 Å². The van der Waals surface area contributed by atoms with Gasteiger partial charge in [0.1, 0.15) is 0 Å². The number of likely N-dealkylation sites (tertiary alicyclic amines) is 1. The summed E-state index contributed by atoms with van der Waals surface area (Å²) in [5.41, 5.74) is 6.12. The van der Waals surface area contributed by atoms with Crippen molar-refractivity contribution in [3.8, 4) is 0 Å². The van der Waals surface area contributed by atoms with Gasteiger partial charge in [-0.05, 0) is 79.6 Å². The molecule has 0 unspecified atom stereocenters. The van der Waals surface area contributed by atoms with Crippen LogP contribution < -0.4 is 5.32 Å². The molecule has 0 bridgehead atoms. The second kappa shape index (κ2) is 8.05. The highest BCUT2D eigenvalue weighted by Crippen LogP contribution is 2.23. The Morgan fingerprint density at radius 1 is 0.885 bits per heavy atom. The number of piperidine rings is 1. The highest BCUT2D eigenvalue weighted by molar-refractivity contribution is 5.94. The van der Waals surface area contributed by atoms with Crippen LogP contribution in [0.5, 0.6) is 0 Å². The fraction of sp³-hybridized carbons (Fsp3) is 0.435. The van der Waals surface area contributed by atoms with Crippen LogP contribution in [0.3, 0.4) is 0 Å². The van der Waals surface area contributed by atoms with Crippen LogP contribution in [0.15, 0.2) is 42.5 Å². The molecule has 2 aliphatic rings. The largest absolute Gasteiger partial charge is 0.348 e. The third-order valence-corrected chi connectivity index (χ3v) is 5.76. The maximum atomic E-state index is 12.6. The molecule has 26 heavy (non-hydrogen) atoms. The highest BCUT2D eigenvalue weighted by Gasteiger charge is 2.15. The fourth-order valence-corrected chi connectivity index (χ4v) is 4.23. The Kier molecular flexibility index (Phi) is 5.35. The van der Waals surface area contributed by atoms with E-state index in [0.29, 0.717) is 6.54 Å². The number of carbonyl (C=O) groups is 1. The van der Waals surface area contributed by atoms with Crippen LogP contribution in [0.1, 0.15) is 58.3 Å². The molecule has 2 aromatic rings. The minimum atomic E-state index is 0.0347. The average molecular weight is 348 g/mol. The lowest BCUT2D eigenvalue weighted by atomic mass is 10.0. The maximum Gasteiger partial charge on any atom is 0.251 e. The van der Waals surface area contributed by atoms with Gasteiger partial charge in [0.05, 0.1) is 0 Å². The van der Waals surface area contributed by atoms with Gasteiger partial charge in [0.2, 0.25) is 0 Å². The number of hydrogen-bond acceptors (Lipinski definition) is 2. The molecular weight excluding hydrogens is 320 g/mol. The molecule has 1 amide bonds. The van der Waals surface area contributed by atoms with Crippen molar-refractivity contribution >= 4 is 5.91 Å². The first kappa shape index (κ1) is 17.3. The molecule has 0 atom stereocenters. The van der Waals surface area contributed by atoms with Crippen molar-refractivity contribution in [2.45, 2.75) is 51.6 Å².